The van der Waals surface area contributed by atoms with Crippen LogP contribution in [0.4, 0.5) is 17.6 Å². The highest BCUT2D eigenvalue weighted by Crippen LogP contribution is 2.42. The van der Waals surface area contributed by atoms with Crippen LogP contribution in [0.25, 0.3) is 27.7 Å². The van der Waals surface area contributed by atoms with E-state index in [4.69, 9.17) is 0 Å². The number of halogens is 4. The Morgan fingerprint density at radius 2 is 1.41 bits per heavy atom. The van der Waals surface area contributed by atoms with Crippen LogP contribution in [-0.4, -0.2) is 31.1 Å². The van der Waals surface area contributed by atoms with E-state index >= 15 is 0 Å². The van der Waals surface area contributed by atoms with Crippen LogP contribution in [-0.2, 0) is 30.0 Å². The number of fused-ring (bicyclic) bond motifs is 2. The van der Waals surface area contributed by atoms with Crippen molar-refractivity contribution in [3.63, 3.8) is 0 Å². The normalized spacial score (nSPS) is 12.7. The van der Waals surface area contributed by atoms with Gasteiger partial charge in [-0.25, -0.2) is 9.37 Å². The summed E-state index contributed by atoms with van der Waals surface area (Å²) in [6.45, 7) is 0. The molecule has 11 heteroatoms. The molecule has 0 spiro atoms. The second-order valence-electron chi connectivity index (χ2n) is 12.2. The number of imidazole rings is 1. The van der Waals surface area contributed by atoms with Gasteiger partial charge in [-0.15, -0.1) is 0 Å². The molecule has 7 rings (SSSR count). The average molecular weight is 691 g/mol. The summed E-state index contributed by atoms with van der Waals surface area (Å²) in [7, 11) is 1.32. The van der Waals surface area contributed by atoms with Crippen molar-refractivity contribution in [3.05, 3.63) is 178 Å². The van der Waals surface area contributed by atoms with Crippen molar-refractivity contribution < 1.29 is 27.5 Å². The highest BCUT2D eigenvalue weighted by molar-refractivity contribution is 5.92. The topological polar surface area (TPSA) is 88.6 Å². The summed E-state index contributed by atoms with van der Waals surface area (Å²) >= 11 is 0. The van der Waals surface area contributed by atoms with Crippen LogP contribution in [0.5, 0.6) is 0 Å². The Bertz CT molecular complexity index is 2350. The molecular formula is C40H30F4N4O3. The van der Waals surface area contributed by atoms with Crippen LogP contribution in [0.2, 0.25) is 0 Å². The van der Waals surface area contributed by atoms with Gasteiger partial charge in [0, 0.05) is 42.5 Å². The molecule has 1 atom stereocenters. The molecule has 2 N–H and O–H groups in total. The zero-order chi connectivity index (χ0) is 35.9. The van der Waals surface area contributed by atoms with E-state index in [9.17, 15) is 32.3 Å². The van der Waals surface area contributed by atoms with Crippen molar-refractivity contribution in [1.82, 2.24) is 19.3 Å². The lowest BCUT2D eigenvalue weighted by molar-refractivity contribution is -0.140. The lowest BCUT2D eigenvalue weighted by Gasteiger charge is -2.39. The van der Waals surface area contributed by atoms with Crippen molar-refractivity contribution in [3.8, 4) is 11.1 Å². The van der Waals surface area contributed by atoms with E-state index in [2.05, 4.69) is 10.3 Å². The minimum absolute atomic E-state index is 0.00966. The van der Waals surface area contributed by atoms with Gasteiger partial charge >= 0.3 is 12.1 Å². The van der Waals surface area contributed by atoms with Crippen LogP contribution in [0.15, 0.2) is 139 Å². The van der Waals surface area contributed by atoms with E-state index in [0.29, 0.717) is 5.69 Å². The van der Waals surface area contributed by atoms with Crippen molar-refractivity contribution in [2.75, 3.05) is 0 Å². The summed E-state index contributed by atoms with van der Waals surface area (Å²) < 4.78 is 61.2. The molecule has 0 saturated carbocycles. The fraction of sp³-hybridized carbons (Fsp3) is 0.125. The molecule has 0 amide bonds. The molecule has 1 unspecified atom stereocenters. The quantitative estimate of drug-likeness (QED) is 0.120. The van der Waals surface area contributed by atoms with Crippen LogP contribution in [0.1, 0.15) is 27.9 Å². The van der Waals surface area contributed by atoms with E-state index in [-0.39, 0.29) is 23.1 Å². The monoisotopic (exact) mass is 690 g/mol. The number of rotatable bonds is 9. The minimum atomic E-state index is -5.02. The summed E-state index contributed by atoms with van der Waals surface area (Å²) in [5.41, 5.74) is -1.45. The number of carboxylic acids is 1. The van der Waals surface area contributed by atoms with Crippen molar-refractivity contribution in [2.45, 2.75) is 24.2 Å². The Hall–Kier alpha value is -6.07. The fourth-order valence-corrected chi connectivity index (χ4v) is 6.98. The molecule has 7 aromatic rings. The molecular weight excluding hydrogens is 660 g/mol. The number of nitrogens with one attached hydrogen (secondary N) is 1. The molecule has 256 valence electrons. The molecule has 0 aliphatic rings. The van der Waals surface area contributed by atoms with E-state index in [1.165, 1.54) is 36.0 Å². The number of hydrogen-bond donors (Lipinski definition) is 2. The van der Waals surface area contributed by atoms with Crippen molar-refractivity contribution >= 4 is 22.5 Å². The highest BCUT2D eigenvalue weighted by Gasteiger charge is 2.41. The summed E-state index contributed by atoms with van der Waals surface area (Å²) in [5.74, 6) is -2.05. The summed E-state index contributed by atoms with van der Waals surface area (Å²) in [6.07, 6.45) is -2.27. The number of aryl methyl sites for hydroxylation is 1. The van der Waals surface area contributed by atoms with Crippen LogP contribution in [0.3, 0.4) is 0 Å². The van der Waals surface area contributed by atoms with Gasteiger partial charge in [0.2, 0.25) is 0 Å². The van der Waals surface area contributed by atoms with Gasteiger partial charge in [-0.3, -0.25) is 14.9 Å². The molecule has 7 nitrogen and oxygen atoms in total. The Balaban J connectivity index is 1.39. The third-order valence-corrected chi connectivity index (χ3v) is 9.27. The number of carbonyl (C=O) groups is 1. The molecule has 0 saturated heterocycles. The second kappa shape index (κ2) is 13.0. The van der Waals surface area contributed by atoms with Gasteiger partial charge in [0.05, 0.1) is 22.2 Å². The predicted molar refractivity (Wildman–Crippen MR) is 186 cm³/mol. The molecule has 4 aromatic carbocycles. The third kappa shape index (κ3) is 5.85. The van der Waals surface area contributed by atoms with Gasteiger partial charge in [-0.05, 0) is 47.0 Å². The molecule has 0 bridgehead atoms. The number of benzene rings is 4. The fourth-order valence-electron chi connectivity index (χ4n) is 6.98. The lowest BCUT2D eigenvalue weighted by atomic mass is 9.76. The predicted octanol–water partition coefficient (Wildman–Crippen LogP) is 7.59. The van der Waals surface area contributed by atoms with Crippen LogP contribution in [0, 0.1) is 5.82 Å². The molecule has 0 aliphatic carbocycles. The number of aromatic nitrogens is 3. The minimum Gasteiger partial charge on any atom is -0.480 e. The first-order valence-electron chi connectivity index (χ1n) is 16.0. The molecule has 3 aromatic heterocycles. The largest absolute Gasteiger partial charge is 0.480 e. The Kier molecular flexibility index (Phi) is 8.52. The second-order valence-corrected chi connectivity index (χ2v) is 12.2. The zero-order valence-corrected chi connectivity index (χ0v) is 27.1. The van der Waals surface area contributed by atoms with E-state index in [1.54, 1.807) is 0 Å². The molecule has 0 radical (unpaired) electrons. The first-order valence-corrected chi connectivity index (χ1v) is 16.0. The smallest absolute Gasteiger partial charge is 0.417 e. The first-order chi connectivity index (χ1) is 24.5. The Morgan fingerprint density at radius 3 is 1.94 bits per heavy atom. The Morgan fingerprint density at radius 1 is 0.843 bits per heavy atom. The van der Waals surface area contributed by atoms with Gasteiger partial charge in [0.15, 0.2) is 0 Å². The van der Waals surface area contributed by atoms with Gasteiger partial charge in [0.25, 0.3) is 5.56 Å². The summed E-state index contributed by atoms with van der Waals surface area (Å²) in [5, 5.41) is 13.7. The number of alkyl halides is 3. The SMILES string of the molecule is Cn1c(=O)c(-c2ccc(CC(NC(c3ccccc3)(c3ccccc3)c3ccccc3)C(=O)O)n3ccnc23)c(C(F)(F)F)c2cc(F)ccc21. The number of hydrogen-bond acceptors (Lipinski definition) is 4. The van der Waals surface area contributed by atoms with Crippen molar-refractivity contribution in [1.29, 1.82) is 0 Å². The maximum atomic E-state index is 14.8. The van der Waals surface area contributed by atoms with Gasteiger partial charge in [-0.1, -0.05) is 91.0 Å². The number of nitrogens with zero attached hydrogens (tertiary/aromatic N) is 3. The summed E-state index contributed by atoms with van der Waals surface area (Å²) in [6, 6.07) is 32.9. The molecule has 0 aliphatic heterocycles. The Labute approximate surface area is 289 Å². The van der Waals surface area contributed by atoms with Crippen molar-refractivity contribution in [2.24, 2.45) is 7.05 Å². The summed E-state index contributed by atoms with van der Waals surface area (Å²) in [4.78, 5) is 31.1. The average Bonchev–Trinajstić information content (AvgIpc) is 3.63. The molecule has 3 heterocycles. The van der Waals surface area contributed by atoms with Crippen LogP contribution >= 0.6 is 0 Å². The van der Waals surface area contributed by atoms with Crippen LogP contribution < -0.4 is 10.9 Å². The highest BCUT2D eigenvalue weighted by atomic mass is 19.4. The molecule has 51 heavy (non-hydrogen) atoms. The van der Waals surface area contributed by atoms with Gasteiger partial charge in [0.1, 0.15) is 17.5 Å². The number of pyridine rings is 2. The maximum absolute atomic E-state index is 14.8. The van der Waals surface area contributed by atoms with Gasteiger partial charge < -0.3 is 14.1 Å². The third-order valence-electron chi connectivity index (χ3n) is 9.27. The van der Waals surface area contributed by atoms with E-state index < -0.39 is 51.6 Å². The van der Waals surface area contributed by atoms with Gasteiger partial charge in [-0.2, -0.15) is 13.2 Å². The number of carboxylic acid groups (broad SMARTS) is 1. The first kappa shape index (κ1) is 33.4. The lowest BCUT2D eigenvalue weighted by Crippen LogP contribution is -2.53. The van der Waals surface area contributed by atoms with E-state index in [0.717, 1.165) is 39.5 Å². The zero-order valence-electron chi connectivity index (χ0n) is 27.1. The number of aliphatic carboxylic acids is 1. The molecule has 0 fully saturated rings. The van der Waals surface area contributed by atoms with E-state index in [1.807, 2.05) is 91.0 Å². The maximum Gasteiger partial charge on any atom is 0.417 e. The standard InChI is InChI=1S/C40H30F4N4O3/c1-47-33-20-17-28(41)23-31(33)35(40(42,43)44)34(37(47)49)30-19-18-29(48-22-21-45-36(30)48)24-32(38(50)51)46-39(25-11-5-2-6-12-25,26-13-7-3-8-14-26)27-15-9-4-10-16-27/h2-23,32,46H,24H2,1H3,(H,50,51).